The second-order valence-corrected chi connectivity index (χ2v) is 6.83. The highest BCUT2D eigenvalue weighted by molar-refractivity contribution is 14.0. The van der Waals surface area contributed by atoms with Crippen molar-refractivity contribution in [1.29, 1.82) is 0 Å². The van der Waals surface area contributed by atoms with Gasteiger partial charge in [-0.2, -0.15) is 0 Å². The van der Waals surface area contributed by atoms with Gasteiger partial charge >= 0.3 is 0 Å². The minimum atomic E-state index is -0.198. The van der Waals surface area contributed by atoms with Crippen LogP contribution in [0.15, 0.2) is 53.7 Å². The minimum absolute atomic E-state index is 0. The van der Waals surface area contributed by atoms with Gasteiger partial charge in [-0.15, -0.1) is 24.0 Å². The Morgan fingerprint density at radius 2 is 2.00 bits per heavy atom. The van der Waals surface area contributed by atoms with E-state index in [2.05, 4.69) is 20.6 Å². The van der Waals surface area contributed by atoms with Gasteiger partial charge in [0.05, 0.1) is 0 Å². The summed E-state index contributed by atoms with van der Waals surface area (Å²) in [6.07, 6.45) is 4.34. The van der Waals surface area contributed by atoms with E-state index in [1.54, 1.807) is 25.4 Å². The van der Waals surface area contributed by atoms with Crippen LogP contribution in [-0.4, -0.2) is 44.3 Å². The average molecular weight is 498 g/mol. The lowest BCUT2D eigenvalue weighted by Gasteiger charge is -2.38. The summed E-state index contributed by atoms with van der Waals surface area (Å²) in [5.74, 6) is 0.546. The molecule has 1 aliphatic rings. The van der Waals surface area contributed by atoms with Gasteiger partial charge in [0.1, 0.15) is 5.82 Å². The van der Waals surface area contributed by atoms with Crippen molar-refractivity contribution < 1.29 is 9.13 Å². The molecule has 5 nitrogen and oxygen atoms in total. The minimum Gasteiger partial charge on any atom is -0.381 e. The van der Waals surface area contributed by atoms with Crippen LogP contribution >= 0.6 is 24.0 Å². The number of halogens is 2. The summed E-state index contributed by atoms with van der Waals surface area (Å²) in [4.78, 5) is 8.64. The molecular formula is C21H28FIN4O. The Balaban J connectivity index is 0.00000280. The van der Waals surface area contributed by atoms with Gasteiger partial charge in [0.25, 0.3) is 0 Å². The first-order valence-corrected chi connectivity index (χ1v) is 9.40. The fourth-order valence-electron chi connectivity index (χ4n) is 3.48. The van der Waals surface area contributed by atoms with Crippen LogP contribution in [0.5, 0.6) is 0 Å². The van der Waals surface area contributed by atoms with Crippen molar-refractivity contribution in [2.24, 2.45) is 4.99 Å². The number of nitrogens with one attached hydrogen (secondary N) is 2. The van der Waals surface area contributed by atoms with Crippen LogP contribution in [0, 0.1) is 5.82 Å². The number of ether oxygens (including phenoxy) is 1. The molecule has 2 heterocycles. The molecule has 1 saturated heterocycles. The Morgan fingerprint density at radius 1 is 1.18 bits per heavy atom. The third kappa shape index (κ3) is 6.13. The number of aliphatic imine (C=N–C) groups is 1. The van der Waals surface area contributed by atoms with Crippen molar-refractivity contribution in [3.8, 4) is 0 Å². The van der Waals surface area contributed by atoms with E-state index in [0.29, 0.717) is 19.8 Å². The summed E-state index contributed by atoms with van der Waals surface area (Å²) in [5, 5.41) is 6.76. The van der Waals surface area contributed by atoms with Crippen LogP contribution in [-0.2, 0) is 16.6 Å². The third-order valence-corrected chi connectivity index (χ3v) is 5.10. The van der Waals surface area contributed by atoms with Gasteiger partial charge < -0.3 is 15.4 Å². The zero-order valence-electron chi connectivity index (χ0n) is 16.2. The molecule has 0 unspecified atom stereocenters. The smallest absolute Gasteiger partial charge is 0.191 e. The molecule has 0 aliphatic carbocycles. The maximum Gasteiger partial charge on any atom is 0.191 e. The molecule has 1 aliphatic heterocycles. The molecule has 2 N–H and O–H groups in total. The highest BCUT2D eigenvalue weighted by Gasteiger charge is 2.34. The highest BCUT2D eigenvalue weighted by atomic mass is 127. The fraction of sp³-hybridized carbons (Fsp3) is 0.429. The van der Waals surface area contributed by atoms with Gasteiger partial charge in [-0.05, 0) is 42.7 Å². The van der Waals surface area contributed by atoms with Crippen LogP contribution in [0.2, 0.25) is 0 Å². The number of hydrogen-bond donors (Lipinski definition) is 2. The van der Waals surface area contributed by atoms with Crippen LogP contribution in [0.3, 0.4) is 0 Å². The van der Waals surface area contributed by atoms with Gasteiger partial charge in [-0.1, -0.05) is 18.2 Å². The van der Waals surface area contributed by atoms with Gasteiger partial charge in [-0.3, -0.25) is 9.98 Å². The summed E-state index contributed by atoms with van der Waals surface area (Å²) < 4.78 is 19.3. The van der Waals surface area contributed by atoms with E-state index < -0.39 is 0 Å². The normalized spacial score (nSPS) is 16.1. The van der Waals surface area contributed by atoms with Gasteiger partial charge in [0.15, 0.2) is 5.96 Å². The second-order valence-electron chi connectivity index (χ2n) is 6.83. The van der Waals surface area contributed by atoms with Gasteiger partial charge in [-0.25, -0.2) is 4.39 Å². The van der Waals surface area contributed by atoms with E-state index in [4.69, 9.17) is 4.74 Å². The maximum atomic E-state index is 13.8. The van der Waals surface area contributed by atoms with Crippen LogP contribution in [0.25, 0.3) is 0 Å². The van der Waals surface area contributed by atoms with E-state index in [1.165, 1.54) is 6.07 Å². The molecule has 1 aromatic carbocycles. The van der Waals surface area contributed by atoms with Gasteiger partial charge in [0.2, 0.25) is 0 Å². The zero-order chi connectivity index (χ0) is 19.0. The summed E-state index contributed by atoms with van der Waals surface area (Å²) in [7, 11) is 1.76. The summed E-state index contributed by atoms with van der Waals surface area (Å²) >= 11 is 0. The molecule has 0 saturated carbocycles. The Hall–Kier alpha value is -1.74. The van der Waals surface area contributed by atoms with Crippen molar-refractivity contribution in [2.45, 2.75) is 24.7 Å². The molecule has 1 aromatic heterocycles. The molecule has 7 heteroatoms. The number of pyridine rings is 1. The molecule has 0 amide bonds. The van der Waals surface area contributed by atoms with E-state index in [-0.39, 0.29) is 35.2 Å². The number of guanidine groups is 1. The van der Waals surface area contributed by atoms with Crippen molar-refractivity contribution in [3.05, 3.63) is 65.7 Å². The standard InChI is InChI=1S/C21H27FN4O.HI/c1-23-20(25-12-8-19-7-2-3-11-24-19)26-16-21(9-13-27-14-10-21)17-5-4-6-18(22)15-17;/h2-7,11,15H,8-10,12-14,16H2,1H3,(H2,23,25,26);1H. The highest BCUT2D eigenvalue weighted by Crippen LogP contribution is 2.34. The molecule has 28 heavy (non-hydrogen) atoms. The summed E-state index contributed by atoms with van der Waals surface area (Å²) in [6.45, 7) is 2.80. The first kappa shape index (κ1) is 22.5. The summed E-state index contributed by atoms with van der Waals surface area (Å²) in [6, 6.07) is 12.8. The predicted molar refractivity (Wildman–Crippen MR) is 121 cm³/mol. The van der Waals surface area contributed by atoms with E-state index >= 15 is 0 Å². The Bertz CT molecular complexity index is 751. The second kappa shape index (κ2) is 11.3. The number of hydrogen-bond acceptors (Lipinski definition) is 3. The van der Waals surface area contributed by atoms with Crippen LogP contribution in [0.1, 0.15) is 24.1 Å². The Labute approximate surface area is 183 Å². The number of nitrogens with zero attached hydrogens (tertiary/aromatic N) is 2. The third-order valence-electron chi connectivity index (χ3n) is 5.10. The van der Waals surface area contributed by atoms with Crippen LogP contribution in [0.4, 0.5) is 4.39 Å². The average Bonchev–Trinajstić information content (AvgIpc) is 2.72. The van der Waals surface area contributed by atoms with Gasteiger partial charge in [0, 0.05) is 57.1 Å². The zero-order valence-corrected chi connectivity index (χ0v) is 18.5. The molecule has 3 rings (SSSR count). The molecule has 2 aromatic rings. The lowest BCUT2D eigenvalue weighted by atomic mass is 9.74. The summed E-state index contributed by atoms with van der Waals surface area (Å²) in [5.41, 5.74) is 1.90. The lowest BCUT2D eigenvalue weighted by molar-refractivity contribution is 0.0513. The number of rotatable bonds is 6. The topological polar surface area (TPSA) is 58.5 Å². The molecule has 0 bridgehead atoms. The Kier molecular flexibility index (Phi) is 9.11. The number of aromatic nitrogens is 1. The monoisotopic (exact) mass is 498 g/mol. The molecule has 0 spiro atoms. The first-order chi connectivity index (χ1) is 13.2. The maximum absolute atomic E-state index is 13.8. The van der Waals surface area contributed by atoms with Crippen molar-refractivity contribution >= 4 is 29.9 Å². The van der Waals surface area contributed by atoms with E-state index in [0.717, 1.165) is 43.0 Å². The van der Waals surface area contributed by atoms with E-state index in [1.807, 2.05) is 24.3 Å². The number of benzene rings is 1. The van der Waals surface area contributed by atoms with Crippen LogP contribution < -0.4 is 10.6 Å². The quantitative estimate of drug-likeness (QED) is 0.365. The Morgan fingerprint density at radius 3 is 2.68 bits per heavy atom. The first-order valence-electron chi connectivity index (χ1n) is 9.40. The fourth-order valence-corrected chi connectivity index (χ4v) is 3.48. The molecule has 152 valence electrons. The van der Waals surface area contributed by atoms with E-state index in [9.17, 15) is 4.39 Å². The van der Waals surface area contributed by atoms with Crippen molar-refractivity contribution in [2.75, 3.05) is 33.4 Å². The molecule has 1 fully saturated rings. The predicted octanol–water partition coefficient (Wildman–Crippen LogP) is 3.29. The lowest BCUT2D eigenvalue weighted by Crippen LogP contribution is -2.48. The van der Waals surface area contributed by atoms with Crippen molar-refractivity contribution in [3.63, 3.8) is 0 Å². The molecule has 0 atom stereocenters. The van der Waals surface area contributed by atoms with Crippen molar-refractivity contribution in [1.82, 2.24) is 15.6 Å². The SMILES string of the molecule is CN=C(NCCc1ccccn1)NCC1(c2cccc(F)c2)CCOCC1.I. The largest absolute Gasteiger partial charge is 0.381 e. The molecule has 0 radical (unpaired) electrons. The molecular weight excluding hydrogens is 470 g/mol.